The number of rotatable bonds is 2. The number of aromatic nitrogens is 3. The van der Waals surface area contributed by atoms with Crippen molar-refractivity contribution in [3.05, 3.63) is 54.0 Å². The van der Waals surface area contributed by atoms with Crippen LogP contribution in [0.3, 0.4) is 0 Å². The van der Waals surface area contributed by atoms with Gasteiger partial charge in [-0.15, -0.1) is 0 Å². The number of nitrogens with two attached hydrogens (primary N) is 1. The highest BCUT2D eigenvalue weighted by molar-refractivity contribution is 5.92. The van der Waals surface area contributed by atoms with Gasteiger partial charge in [-0.2, -0.15) is 0 Å². The number of hydrogen-bond donors (Lipinski definition) is 2. The molecule has 0 unspecified atom stereocenters. The molecule has 1 aromatic carbocycles. The van der Waals surface area contributed by atoms with Crippen LogP contribution in [0.4, 0.5) is 0 Å². The highest BCUT2D eigenvalue weighted by atomic mass is 16.3. The van der Waals surface area contributed by atoms with Gasteiger partial charge in [0.05, 0.1) is 0 Å². The van der Waals surface area contributed by atoms with E-state index in [9.17, 15) is 14.7 Å². The first-order valence-electron chi connectivity index (χ1n) is 8.63. The second-order valence-electron chi connectivity index (χ2n) is 6.65. The molecule has 1 aliphatic rings. The Morgan fingerprint density at radius 2 is 2.18 bits per heavy atom. The van der Waals surface area contributed by atoms with Crippen LogP contribution < -0.4 is 5.73 Å². The van der Waals surface area contributed by atoms with Crippen molar-refractivity contribution in [2.75, 3.05) is 13.6 Å². The first-order valence-corrected chi connectivity index (χ1v) is 8.63. The SMILES string of the molecule is CN1CC[C@](O)(C#Cc2cccc(-c3nc(C(N)=O)cc4nccn34)c2)C1=O. The van der Waals surface area contributed by atoms with Crippen LogP contribution in [-0.4, -0.2) is 55.4 Å². The average molecular weight is 375 g/mol. The maximum atomic E-state index is 12.1. The minimum atomic E-state index is -1.66. The Kier molecular flexibility index (Phi) is 4.09. The quantitative estimate of drug-likeness (QED) is 0.631. The van der Waals surface area contributed by atoms with Gasteiger partial charge in [0.25, 0.3) is 11.8 Å². The van der Waals surface area contributed by atoms with Crippen molar-refractivity contribution in [1.82, 2.24) is 19.3 Å². The molecular weight excluding hydrogens is 358 g/mol. The number of likely N-dealkylation sites (N-methyl/N-ethyl adjacent to an activating group) is 1. The van der Waals surface area contributed by atoms with Gasteiger partial charge in [-0.3, -0.25) is 14.0 Å². The van der Waals surface area contributed by atoms with Gasteiger partial charge in [0.2, 0.25) is 5.60 Å². The lowest BCUT2D eigenvalue weighted by atomic mass is 10.0. The van der Waals surface area contributed by atoms with Gasteiger partial charge in [0.1, 0.15) is 17.2 Å². The fourth-order valence-corrected chi connectivity index (χ4v) is 3.13. The van der Waals surface area contributed by atoms with Crippen molar-refractivity contribution in [1.29, 1.82) is 0 Å². The van der Waals surface area contributed by atoms with E-state index in [1.807, 2.05) is 6.07 Å². The summed E-state index contributed by atoms with van der Waals surface area (Å²) >= 11 is 0. The van der Waals surface area contributed by atoms with Crippen molar-refractivity contribution in [3.8, 4) is 23.2 Å². The summed E-state index contributed by atoms with van der Waals surface area (Å²) in [7, 11) is 1.64. The number of hydrogen-bond acceptors (Lipinski definition) is 5. The number of likely N-dealkylation sites (tertiary alicyclic amines) is 1. The van der Waals surface area contributed by atoms with Gasteiger partial charge in [0.15, 0.2) is 0 Å². The highest BCUT2D eigenvalue weighted by Gasteiger charge is 2.42. The van der Waals surface area contributed by atoms with E-state index < -0.39 is 17.4 Å². The van der Waals surface area contributed by atoms with Gasteiger partial charge >= 0.3 is 0 Å². The first-order chi connectivity index (χ1) is 13.4. The minimum absolute atomic E-state index is 0.110. The molecule has 1 atom stereocenters. The Hall–Kier alpha value is -3.70. The number of primary amides is 1. The molecule has 28 heavy (non-hydrogen) atoms. The van der Waals surface area contributed by atoms with Crippen molar-refractivity contribution in [2.45, 2.75) is 12.0 Å². The topological polar surface area (TPSA) is 114 Å². The molecular formula is C20H17N5O3. The number of nitrogens with zero attached hydrogens (tertiary/aromatic N) is 4. The molecule has 8 nitrogen and oxygen atoms in total. The second kappa shape index (κ2) is 6.48. The maximum absolute atomic E-state index is 12.1. The van der Waals surface area contributed by atoms with E-state index in [1.54, 1.807) is 42.0 Å². The van der Waals surface area contributed by atoms with Gasteiger partial charge in [-0.05, 0) is 12.1 Å². The van der Waals surface area contributed by atoms with Gasteiger partial charge < -0.3 is 15.7 Å². The summed E-state index contributed by atoms with van der Waals surface area (Å²) in [5, 5.41) is 10.4. The minimum Gasteiger partial charge on any atom is -0.369 e. The molecule has 140 valence electrons. The molecule has 1 saturated heterocycles. The molecule has 0 bridgehead atoms. The number of amides is 2. The van der Waals surface area contributed by atoms with Crippen LogP contribution in [0, 0.1) is 11.8 Å². The third-order valence-electron chi connectivity index (χ3n) is 4.69. The molecule has 1 fully saturated rings. The second-order valence-corrected chi connectivity index (χ2v) is 6.65. The first kappa shape index (κ1) is 17.7. The van der Waals surface area contributed by atoms with Crippen molar-refractivity contribution in [3.63, 3.8) is 0 Å². The molecule has 2 amide bonds. The van der Waals surface area contributed by atoms with Crippen LogP contribution in [0.15, 0.2) is 42.7 Å². The smallest absolute Gasteiger partial charge is 0.267 e. The Morgan fingerprint density at radius 1 is 1.36 bits per heavy atom. The standard InChI is InChI=1S/C20H17N5O3/c1-24-9-7-20(28,19(24)27)6-5-13-3-2-4-14(11-13)18-23-15(17(21)26)12-16-22-8-10-25(16)18/h2-4,8,10-12,28H,7,9H2,1H3,(H2,21,26)/t20-/m1/s1. The average Bonchev–Trinajstić information content (AvgIpc) is 3.27. The van der Waals surface area contributed by atoms with Crippen LogP contribution in [0.5, 0.6) is 0 Å². The third-order valence-corrected chi connectivity index (χ3v) is 4.69. The normalized spacial score (nSPS) is 18.9. The van der Waals surface area contributed by atoms with Gasteiger partial charge in [-0.25, -0.2) is 9.97 Å². The monoisotopic (exact) mass is 375 g/mol. The Balaban J connectivity index is 1.76. The lowest BCUT2D eigenvalue weighted by molar-refractivity contribution is -0.137. The van der Waals surface area contributed by atoms with E-state index in [4.69, 9.17) is 5.73 Å². The highest BCUT2D eigenvalue weighted by Crippen LogP contribution is 2.23. The van der Waals surface area contributed by atoms with E-state index in [2.05, 4.69) is 21.8 Å². The van der Waals surface area contributed by atoms with Crippen LogP contribution in [0.2, 0.25) is 0 Å². The fourth-order valence-electron chi connectivity index (χ4n) is 3.13. The predicted molar refractivity (Wildman–Crippen MR) is 101 cm³/mol. The van der Waals surface area contributed by atoms with E-state index >= 15 is 0 Å². The summed E-state index contributed by atoms with van der Waals surface area (Å²) in [6.07, 6.45) is 3.61. The van der Waals surface area contributed by atoms with E-state index in [0.717, 1.165) is 0 Å². The van der Waals surface area contributed by atoms with Crippen molar-refractivity contribution >= 4 is 17.5 Å². The fraction of sp³-hybridized carbons (Fsp3) is 0.200. The molecule has 0 radical (unpaired) electrons. The number of carbonyl (C=O) groups is 2. The Labute approximate surface area is 160 Å². The Morgan fingerprint density at radius 3 is 2.89 bits per heavy atom. The van der Waals surface area contributed by atoms with Crippen LogP contribution in [0.25, 0.3) is 17.0 Å². The zero-order valence-corrected chi connectivity index (χ0v) is 15.1. The lowest BCUT2D eigenvalue weighted by Crippen LogP contribution is -2.37. The predicted octanol–water partition coefficient (Wildman–Crippen LogP) is 0.440. The van der Waals surface area contributed by atoms with Gasteiger partial charge in [0, 0.05) is 49.6 Å². The lowest BCUT2D eigenvalue weighted by Gasteiger charge is -2.13. The van der Waals surface area contributed by atoms with E-state index in [-0.39, 0.29) is 12.1 Å². The molecule has 3 N–H and O–H groups in total. The maximum Gasteiger partial charge on any atom is 0.267 e. The van der Waals surface area contributed by atoms with Crippen LogP contribution >= 0.6 is 0 Å². The summed E-state index contributed by atoms with van der Waals surface area (Å²) in [5.41, 5.74) is 5.68. The number of carbonyl (C=O) groups excluding carboxylic acids is 2. The molecule has 2 aromatic heterocycles. The van der Waals surface area contributed by atoms with Gasteiger partial charge in [-0.1, -0.05) is 24.0 Å². The molecule has 1 aliphatic heterocycles. The number of aliphatic hydroxyl groups is 1. The number of benzene rings is 1. The van der Waals surface area contributed by atoms with Crippen LogP contribution in [-0.2, 0) is 4.79 Å². The number of fused-ring (bicyclic) bond motifs is 1. The van der Waals surface area contributed by atoms with Crippen molar-refractivity contribution < 1.29 is 14.7 Å². The largest absolute Gasteiger partial charge is 0.369 e. The summed E-state index contributed by atoms with van der Waals surface area (Å²) < 4.78 is 1.74. The zero-order valence-electron chi connectivity index (χ0n) is 15.1. The molecule has 8 heteroatoms. The molecule has 0 spiro atoms. The molecule has 3 heterocycles. The molecule has 3 aromatic rings. The molecule has 0 aliphatic carbocycles. The Bertz CT molecular complexity index is 1170. The van der Waals surface area contributed by atoms with E-state index in [1.165, 1.54) is 11.0 Å². The zero-order chi connectivity index (χ0) is 19.9. The summed E-state index contributed by atoms with van der Waals surface area (Å²) in [4.78, 5) is 33.7. The van der Waals surface area contributed by atoms with E-state index in [0.29, 0.717) is 29.1 Å². The third kappa shape index (κ3) is 2.98. The number of imidazole rings is 1. The van der Waals surface area contributed by atoms with Crippen LogP contribution in [0.1, 0.15) is 22.5 Å². The molecule has 4 rings (SSSR count). The summed E-state index contributed by atoms with van der Waals surface area (Å²) in [6.45, 7) is 0.465. The molecule has 0 saturated carbocycles. The van der Waals surface area contributed by atoms with Crippen molar-refractivity contribution in [2.24, 2.45) is 5.73 Å². The summed E-state index contributed by atoms with van der Waals surface area (Å²) in [6, 6.07) is 8.67. The summed E-state index contributed by atoms with van der Waals surface area (Å²) in [5.74, 6) is 5.02.